The Kier molecular flexibility index (Phi) is 14.5. The number of anilines is 1. The second-order valence-electron chi connectivity index (χ2n) is 9.22. The zero-order chi connectivity index (χ0) is 22.7. The molecule has 0 amide bonds. The molecule has 0 spiro atoms. The van der Waals surface area contributed by atoms with Crippen LogP contribution in [-0.4, -0.2) is 19.5 Å². The minimum atomic E-state index is 0.466. The molecule has 0 fully saturated rings. The number of aromatic nitrogens is 4. The minimum Gasteiger partial charge on any atom is -0.382 e. The minimum absolute atomic E-state index is 0.466. The van der Waals surface area contributed by atoms with Gasteiger partial charge in [-0.1, -0.05) is 103 Å². The maximum Gasteiger partial charge on any atom is 0.165 e. The van der Waals surface area contributed by atoms with E-state index in [-0.39, 0.29) is 0 Å². The molecular formula is C27H47N5. The Hall–Kier alpha value is -1.91. The third-order valence-electron chi connectivity index (χ3n) is 6.34. The lowest BCUT2D eigenvalue weighted by Gasteiger charge is -2.04. The summed E-state index contributed by atoms with van der Waals surface area (Å²) in [5.41, 5.74) is 7.42. The number of fused-ring (bicyclic) bond motifs is 1. The van der Waals surface area contributed by atoms with Crippen molar-refractivity contribution in [1.29, 1.82) is 0 Å². The fourth-order valence-corrected chi connectivity index (χ4v) is 4.30. The number of nitrogens with two attached hydrogens (primary N) is 1. The molecule has 180 valence electrons. The molecule has 0 atom stereocenters. The van der Waals surface area contributed by atoms with E-state index in [1.54, 1.807) is 0 Å². The number of hydrogen-bond donors (Lipinski definition) is 1. The molecule has 0 aliphatic heterocycles. The Morgan fingerprint density at radius 1 is 0.688 bits per heavy atom. The second kappa shape index (κ2) is 17.6. The number of nitrogen functional groups attached to an aromatic ring is 1. The maximum atomic E-state index is 5.85. The first kappa shape index (κ1) is 26.3. The van der Waals surface area contributed by atoms with Crippen molar-refractivity contribution in [2.75, 3.05) is 5.73 Å². The molecule has 0 bridgehead atoms. The van der Waals surface area contributed by atoms with Crippen LogP contribution >= 0.6 is 0 Å². The number of hydrogen-bond acceptors (Lipinski definition) is 4. The van der Waals surface area contributed by atoms with Crippen LogP contribution in [0.15, 0.2) is 24.8 Å². The number of allylic oxidation sites excluding steroid dienone is 2. The van der Waals surface area contributed by atoms with Crippen LogP contribution in [0.4, 0.5) is 5.82 Å². The fourth-order valence-electron chi connectivity index (χ4n) is 4.30. The molecule has 0 radical (unpaired) electrons. The van der Waals surface area contributed by atoms with Gasteiger partial charge in [0.1, 0.15) is 11.8 Å². The summed E-state index contributed by atoms with van der Waals surface area (Å²) in [6.45, 7) is 3.24. The monoisotopic (exact) mass is 441 g/mol. The average Bonchev–Trinajstić information content (AvgIpc) is 3.22. The van der Waals surface area contributed by atoms with Gasteiger partial charge < -0.3 is 10.3 Å². The molecule has 2 aromatic heterocycles. The van der Waals surface area contributed by atoms with Gasteiger partial charge in [0.05, 0.1) is 6.33 Å². The molecule has 0 unspecified atom stereocenters. The van der Waals surface area contributed by atoms with E-state index >= 15 is 0 Å². The first-order chi connectivity index (χ1) is 15.8. The summed E-state index contributed by atoms with van der Waals surface area (Å²) in [6.07, 6.45) is 32.6. The lowest BCUT2D eigenvalue weighted by Crippen LogP contribution is -1.99. The predicted octanol–water partition coefficient (Wildman–Crippen LogP) is 8.01. The summed E-state index contributed by atoms with van der Waals surface area (Å²) in [6, 6.07) is 0. The van der Waals surface area contributed by atoms with E-state index in [4.69, 9.17) is 5.73 Å². The summed E-state index contributed by atoms with van der Waals surface area (Å²) in [5.74, 6) is 0.466. The summed E-state index contributed by atoms with van der Waals surface area (Å²) in [7, 11) is 0. The van der Waals surface area contributed by atoms with Crippen molar-refractivity contribution in [3.8, 4) is 0 Å². The van der Waals surface area contributed by atoms with Crippen molar-refractivity contribution in [1.82, 2.24) is 19.5 Å². The lowest BCUT2D eigenvalue weighted by molar-refractivity contribution is 0.535. The van der Waals surface area contributed by atoms with Gasteiger partial charge in [-0.15, -0.1) is 0 Å². The van der Waals surface area contributed by atoms with Crippen LogP contribution in [-0.2, 0) is 6.54 Å². The summed E-state index contributed by atoms with van der Waals surface area (Å²) < 4.78 is 2.09. The highest BCUT2D eigenvalue weighted by Gasteiger charge is 2.06. The van der Waals surface area contributed by atoms with Crippen molar-refractivity contribution in [3.63, 3.8) is 0 Å². The first-order valence-corrected chi connectivity index (χ1v) is 13.4. The van der Waals surface area contributed by atoms with Crippen LogP contribution in [0.1, 0.15) is 122 Å². The van der Waals surface area contributed by atoms with Gasteiger partial charge >= 0.3 is 0 Å². The Bertz CT molecular complexity index is 737. The van der Waals surface area contributed by atoms with Crippen LogP contribution in [0.5, 0.6) is 0 Å². The number of aryl methyl sites for hydroxylation is 1. The first-order valence-electron chi connectivity index (χ1n) is 13.4. The zero-order valence-electron chi connectivity index (χ0n) is 20.6. The highest BCUT2D eigenvalue weighted by Crippen LogP contribution is 2.16. The largest absolute Gasteiger partial charge is 0.382 e. The van der Waals surface area contributed by atoms with E-state index in [2.05, 4.69) is 38.6 Å². The van der Waals surface area contributed by atoms with Crippen LogP contribution in [0.3, 0.4) is 0 Å². The van der Waals surface area contributed by atoms with E-state index < -0.39 is 0 Å². The van der Waals surface area contributed by atoms with Crippen LogP contribution in [0, 0.1) is 0 Å². The summed E-state index contributed by atoms with van der Waals surface area (Å²) in [4.78, 5) is 12.6. The van der Waals surface area contributed by atoms with E-state index in [0.717, 1.165) is 17.7 Å². The van der Waals surface area contributed by atoms with Crippen LogP contribution < -0.4 is 5.73 Å². The Morgan fingerprint density at radius 2 is 1.22 bits per heavy atom. The van der Waals surface area contributed by atoms with Gasteiger partial charge in [-0.25, -0.2) is 15.0 Å². The lowest BCUT2D eigenvalue weighted by atomic mass is 10.1. The molecule has 5 heteroatoms. The van der Waals surface area contributed by atoms with Gasteiger partial charge in [0.15, 0.2) is 11.5 Å². The topological polar surface area (TPSA) is 69.6 Å². The van der Waals surface area contributed by atoms with Crippen molar-refractivity contribution in [3.05, 3.63) is 24.8 Å². The number of rotatable bonds is 20. The van der Waals surface area contributed by atoms with E-state index in [0.29, 0.717) is 5.82 Å². The molecular weight excluding hydrogens is 394 g/mol. The maximum absolute atomic E-state index is 5.85. The predicted molar refractivity (Wildman–Crippen MR) is 138 cm³/mol. The molecule has 2 N–H and O–H groups in total. The van der Waals surface area contributed by atoms with Crippen LogP contribution in [0.25, 0.3) is 11.2 Å². The number of unbranched alkanes of at least 4 members (excludes halogenated alkanes) is 16. The highest BCUT2D eigenvalue weighted by atomic mass is 15.1. The molecule has 0 aliphatic carbocycles. The molecule has 0 aliphatic rings. The van der Waals surface area contributed by atoms with E-state index in [1.165, 1.54) is 122 Å². The van der Waals surface area contributed by atoms with Gasteiger partial charge in [-0.3, -0.25) is 0 Å². The number of imidazole rings is 1. The summed E-state index contributed by atoms with van der Waals surface area (Å²) in [5, 5.41) is 0. The number of nitrogens with zero attached hydrogens (tertiary/aromatic N) is 4. The van der Waals surface area contributed by atoms with Gasteiger partial charge in [-0.2, -0.15) is 0 Å². The average molecular weight is 442 g/mol. The van der Waals surface area contributed by atoms with Crippen molar-refractivity contribution in [2.24, 2.45) is 0 Å². The quantitative estimate of drug-likeness (QED) is 0.167. The highest BCUT2D eigenvalue weighted by molar-refractivity contribution is 5.80. The standard InChI is InChI=1S/C27H47N5/c1-2-3-4-5-6-7-8-9-10-11-12-13-14-15-16-17-18-19-20-21-22-32-24-31-25-26(28)29-23-30-27(25)32/h9-10,23-24H,2-8,11-22H2,1H3,(H2,28,29,30). The van der Waals surface area contributed by atoms with Crippen LogP contribution in [0.2, 0.25) is 0 Å². The van der Waals surface area contributed by atoms with Gasteiger partial charge in [0.25, 0.3) is 0 Å². The van der Waals surface area contributed by atoms with Gasteiger partial charge in [0.2, 0.25) is 0 Å². The third kappa shape index (κ3) is 11.1. The third-order valence-corrected chi connectivity index (χ3v) is 6.34. The van der Waals surface area contributed by atoms with Crippen molar-refractivity contribution in [2.45, 2.75) is 129 Å². The van der Waals surface area contributed by atoms with Gasteiger partial charge in [0, 0.05) is 6.54 Å². The Balaban J connectivity index is 1.32. The fraction of sp³-hybridized carbons (Fsp3) is 0.741. The zero-order valence-corrected chi connectivity index (χ0v) is 20.6. The molecule has 0 saturated heterocycles. The Labute approximate surface area is 196 Å². The van der Waals surface area contributed by atoms with Crippen molar-refractivity contribution >= 4 is 17.0 Å². The second-order valence-corrected chi connectivity index (χ2v) is 9.22. The normalized spacial score (nSPS) is 11.8. The summed E-state index contributed by atoms with van der Waals surface area (Å²) >= 11 is 0. The molecule has 0 aromatic carbocycles. The molecule has 2 aromatic rings. The van der Waals surface area contributed by atoms with Crippen molar-refractivity contribution < 1.29 is 0 Å². The molecule has 2 rings (SSSR count). The molecule has 5 nitrogen and oxygen atoms in total. The van der Waals surface area contributed by atoms with E-state index in [1.807, 2.05) is 6.33 Å². The SMILES string of the molecule is CCCCCCCCC=CCCCCCCCCCCCCn1cnc2c(N)ncnc21. The molecule has 2 heterocycles. The Morgan fingerprint density at radius 3 is 1.81 bits per heavy atom. The van der Waals surface area contributed by atoms with Gasteiger partial charge in [-0.05, 0) is 32.1 Å². The van der Waals surface area contributed by atoms with E-state index in [9.17, 15) is 0 Å². The molecule has 32 heavy (non-hydrogen) atoms. The molecule has 0 saturated carbocycles. The smallest absolute Gasteiger partial charge is 0.165 e.